The lowest BCUT2D eigenvalue weighted by Crippen LogP contribution is -2.37. The largest absolute Gasteiger partial charge is 0.397 e. The van der Waals surface area contributed by atoms with E-state index >= 15 is 0 Å². The van der Waals surface area contributed by atoms with Crippen LogP contribution in [0.3, 0.4) is 0 Å². The number of carbonyl (C=O) groups is 1. The lowest BCUT2D eigenvalue weighted by molar-refractivity contribution is -0.385. The topological polar surface area (TPSA) is 170 Å². The molecule has 2 amide bonds. The fraction of sp³-hybridized carbons (Fsp3) is 0.222. The highest BCUT2D eigenvalue weighted by molar-refractivity contribution is 7.89. The van der Waals surface area contributed by atoms with Crippen molar-refractivity contribution in [2.24, 2.45) is 5.73 Å². The number of nitrogens with two attached hydrogens (primary N) is 2. The second kappa shape index (κ2) is 6.32. The number of halogens is 1. The number of benzene rings is 1. The zero-order valence-electron chi connectivity index (χ0n) is 10.5. The molecular weight excluding hydrogens is 309 g/mol. The molecule has 0 aliphatic rings. The minimum atomic E-state index is -4.33. The number of rotatable bonds is 6. The monoisotopic (exact) mass is 321 g/mol. The number of primary amides is 1. The van der Waals surface area contributed by atoms with Crippen molar-refractivity contribution in [3.63, 3.8) is 0 Å². The highest BCUT2D eigenvalue weighted by Gasteiger charge is 2.25. The first kappa shape index (κ1) is 16.6. The number of anilines is 1. The van der Waals surface area contributed by atoms with Crippen molar-refractivity contribution in [2.75, 3.05) is 18.8 Å². The quantitative estimate of drug-likeness (QED) is 0.233. The Morgan fingerprint density at radius 3 is 2.48 bits per heavy atom. The summed E-state index contributed by atoms with van der Waals surface area (Å²) in [6, 6.07) is 0.335. The van der Waals surface area contributed by atoms with E-state index in [1.165, 1.54) is 0 Å². The van der Waals surface area contributed by atoms with E-state index in [9.17, 15) is 27.7 Å². The maximum atomic E-state index is 13.7. The van der Waals surface area contributed by atoms with Gasteiger partial charge in [-0.2, -0.15) is 0 Å². The number of nitrogens with one attached hydrogen (secondary N) is 2. The van der Waals surface area contributed by atoms with Gasteiger partial charge in [0, 0.05) is 19.2 Å². The van der Waals surface area contributed by atoms with Crippen molar-refractivity contribution in [2.45, 2.75) is 4.90 Å². The minimum Gasteiger partial charge on any atom is -0.397 e. The lowest BCUT2D eigenvalue weighted by atomic mass is 10.3. The number of hydrogen-bond acceptors (Lipinski definition) is 6. The van der Waals surface area contributed by atoms with Gasteiger partial charge in [-0.05, 0) is 0 Å². The Hall–Kier alpha value is -2.47. The van der Waals surface area contributed by atoms with Crippen molar-refractivity contribution in [1.29, 1.82) is 0 Å². The predicted molar refractivity (Wildman–Crippen MR) is 70.2 cm³/mol. The molecule has 1 rings (SSSR count). The first-order valence-electron chi connectivity index (χ1n) is 5.41. The fourth-order valence-electron chi connectivity index (χ4n) is 1.43. The third-order valence-electron chi connectivity index (χ3n) is 2.25. The molecule has 0 aliphatic heterocycles. The number of carbonyl (C=O) groups excluding carboxylic acids is 1. The molecule has 1 aromatic carbocycles. The van der Waals surface area contributed by atoms with Gasteiger partial charge in [-0.3, -0.25) is 10.1 Å². The van der Waals surface area contributed by atoms with Gasteiger partial charge in [0.1, 0.15) is 4.90 Å². The molecule has 21 heavy (non-hydrogen) atoms. The number of amides is 2. The zero-order valence-corrected chi connectivity index (χ0v) is 11.3. The molecule has 0 heterocycles. The van der Waals surface area contributed by atoms with Crippen molar-refractivity contribution in [1.82, 2.24) is 10.0 Å². The van der Waals surface area contributed by atoms with Gasteiger partial charge in [0.05, 0.1) is 16.7 Å². The molecule has 0 fully saturated rings. The second-order valence-corrected chi connectivity index (χ2v) is 5.50. The van der Waals surface area contributed by atoms with Gasteiger partial charge in [-0.25, -0.2) is 22.3 Å². The third kappa shape index (κ3) is 4.25. The smallest absolute Gasteiger partial charge is 0.312 e. The van der Waals surface area contributed by atoms with E-state index in [-0.39, 0.29) is 13.1 Å². The molecule has 0 saturated carbocycles. The van der Waals surface area contributed by atoms with Gasteiger partial charge in [0.15, 0.2) is 5.82 Å². The number of nitrogen functional groups attached to an aromatic ring is 1. The van der Waals surface area contributed by atoms with Crippen LogP contribution in [0, 0.1) is 15.9 Å². The normalized spacial score (nSPS) is 11.1. The molecule has 0 saturated heterocycles. The van der Waals surface area contributed by atoms with Crippen LogP contribution in [-0.4, -0.2) is 32.5 Å². The molecule has 6 N–H and O–H groups in total. The molecule has 0 atom stereocenters. The fourth-order valence-corrected chi connectivity index (χ4v) is 2.63. The molecule has 0 aliphatic carbocycles. The first-order chi connectivity index (χ1) is 9.65. The standard InChI is InChI=1S/C9H12FN5O5S/c10-6-3-5(15(17)18)4-7(11)8(6)21(19,20)14-2-1-13-9(12)16/h3-4,14H,1-2,11H2,(H3,12,13,16). The van der Waals surface area contributed by atoms with Gasteiger partial charge in [-0.1, -0.05) is 0 Å². The van der Waals surface area contributed by atoms with E-state index in [4.69, 9.17) is 11.5 Å². The maximum absolute atomic E-state index is 13.7. The Morgan fingerprint density at radius 1 is 1.38 bits per heavy atom. The number of non-ortho nitro benzene ring substituents is 1. The van der Waals surface area contributed by atoms with E-state index in [1.54, 1.807) is 0 Å². The number of sulfonamides is 1. The molecule has 0 radical (unpaired) electrons. The van der Waals surface area contributed by atoms with Gasteiger partial charge < -0.3 is 16.8 Å². The Morgan fingerprint density at radius 2 is 2.00 bits per heavy atom. The van der Waals surface area contributed by atoms with Crippen molar-refractivity contribution < 1.29 is 22.5 Å². The molecule has 12 heteroatoms. The van der Waals surface area contributed by atoms with Crippen LogP contribution in [0.5, 0.6) is 0 Å². The summed E-state index contributed by atoms with van der Waals surface area (Å²) in [7, 11) is -4.33. The van der Waals surface area contributed by atoms with Gasteiger partial charge in [0.25, 0.3) is 5.69 Å². The van der Waals surface area contributed by atoms with Crippen LogP contribution in [0.1, 0.15) is 0 Å². The Balaban J connectivity index is 2.98. The minimum absolute atomic E-state index is 0.122. The van der Waals surface area contributed by atoms with Crippen molar-refractivity contribution in [3.8, 4) is 0 Å². The molecule has 116 valence electrons. The van der Waals surface area contributed by atoms with Gasteiger partial charge >= 0.3 is 6.03 Å². The summed E-state index contributed by atoms with van der Waals surface area (Å²) in [4.78, 5) is 19.1. The van der Waals surface area contributed by atoms with Crippen molar-refractivity contribution in [3.05, 3.63) is 28.1 Å². The average molecular weight is 321 g/mol. The van der Waals surface area contributed by atoms with E-state index in [0.29, 0.717) is 6.07 Å². The predicted octanol–water partition coefficient (Wildman–Crippen LogP) is -0.737. The molecule has 0 spiro atoms. The number of nitro groups is 1. The molecule has 10 nitrogen and oxygen atoms in total. The van der Waals surface area contributed by atoms with Crippen LogP contribution in [0.25, 0.3) is 0 Å². The maximum Gasteiger partial charge on any atom is 0.312 e. The van der Waals surface area contributed by atoms with Crippen LogP contribution in [0.2, 0.25) is 0 Å². The van der Waals surface area contributed by atoms with Crippen LogP contribution in [-0.2, 0) is 10.0 Å². The zero-order chi connectivity index (χ0) is 16.2. The molecule has 0 unspecified atom stereocenters. The number of nitro benzene ring substituents is 1. The summed E-state index contributed by atoms with van der Waals surface area (Å²) in [5, 5.41) is 12.6. The second-order valence-electron chi connectivity index (χ2n) is 3.79. The highest BCUT2D eigenvalue weighted by Crippen LogP contribution is 2.27. The van der Waals surface area contributed by atoms with Crippen molar-refractivity contribution >= 4 is 27.4 Å². The third-order valence-corrected chi connectivity index (χ3v) is 3.81. The van der Waals surface area contributed by atoms with E-state index in [2.05, 4.69) is 5.32 Å². The SMILES string of the molecule is NC(=O)NCCNS(=O)(=O)c1c(N)cc([N+](=O)[O-])cc1F. The van der Waals surface area contributed by atoms with Crippen LogP contribution in [0.4, 0.5) is 20.6 Å². The Labute approximate surface area is 118 Å². The summed E-state index contributed by atoms with van der Waals surface area (Å²) in [6.07, 6.45) is 0. The molecule has 0 aromatic heterocycles. The summed E-state index contributed by atoms with van der Waals surface area (Å²) < 4.78 is 39.4. The molecule has 0 bridgehead atoms. The number of urea groups is 1. The summed E-state index contributed by atoms with van der Waals surface area (Å²) in [5.74, 6) is -1.35. The van der Waals surface area contributed by atoms with Crippen LogP contribution >= 0.6 is 0 Å². The summed E-state index contributed by atoms with van der Waals surface area (Å²) >= 11 is 0. The number of hydrogen-bond donors (Lipinski definition) is 4. The van der Waals surface area contributed by atoms with E-state index in [1.807, 2.05) is 4.72 Å². The van der Waals surface area contributed by atoms with Gasteiger partial charge in [-0.15, -0.1) is 0 Å². The first-order valence-corrected chi connectivity index (χ1v) is 6.90. The molecule has 1 aromatic rings. The van der Waals surface area contributed by atoms with Crippen LogP contribution < -0.4 is 21.5 Å². The van der Waals surface area contributed by atoms with Crippen LogP contribution in [0.15, 0.2) is 17.0 Å². The average Bonchev–Trinajstić information content (AvgIpc) is 2.33. The van der Waals surface area contributed by atoms with E-state index < -0.39 is 43.1 Å². The van der Waals surface area contributed by atoms with E-state index in [0.717, 1.165) is 6.07 Å². The Bertz CT molecular complexity index is 654. The molecular formula is C9H12FN5O5S. The summed E-state index contributed by atoms with van der Waals surface area (Å²) in [5.41, 5.74) is 8.85. The number of nitrogens with zero attached hydrogens (tertiary/aromatic N) is 1. The Kier molecular flexibility index (Phi) is 4.99. The summed E-state index contributed by atoms with van der Waals surface area (Å²) in [6.45, 7) is -0.385. The lowest BCUT2D eigenvalue weighted by Gasteiger charge is -2.10. The van der Waals surface area contributed by atoms with Gasteiger partial charge in [0.2, 0.25) is 10.0 Å². The highest BCUT2D eigenvalue weighted by atomic mass is 32.2.